The number of nitrogens with two attached hydrogens (primary N) is 1. The van der Waals surface area contributed by atoms with Crippen molar-refractivity contribution in [2.45, 2.75) is 38.2 Å². The van der Waals surface area contributed by atoms with Gasteiger partial charge in [0.2, 0.25) is 0 Å². The summed E-state index contributed by atoms with van der Waals surface area (Å²) in [5.41, 5.74) is 8.18. The van der Waals surface area contributed by atoms with E-state index in [1.165, 1.54) is 4.90 Å². The van der Waals surface area contributed by atoms with Crippen molar-refractivity contribution in [1.29, 1.82) is 0 Å². The zero-order valence-corrected chi connectivity index (χ0v) is 17.5. The third kappa shape index (κ3) is 4.58. The monoisotopic (exact) mass is 416 g/mol. The molecule has 0 aliphatic carbocycles. The smallest absolute Gasteiger partial charge is 0.407 e. The van der Waals surface area contributed by atoms with Crippen molar-refractivity contribution >= 4 is 17.7 Å². The normalized spacial score (nSPS) is 19.0. The summed E-state index contributed by atoms with van der Waals surface area (Å²) in [6.45, 7) is 3.28. The number of aliphatic hydroxyl groups is 1. The number of likely N-dealkylation sites (tertiary alicyclic amines) is 1. The van der Waals surface area contributed by atoms with Gasteiger partial charge in [-0.15, -0.1) is 0 Å². The topological polar surface area (TPSA) is 86.8 Å². The summed E-state index contributed by atoms with van der Waals surface area (Å²) in [5, 5.41) is 22.1. The first kappa shape index (κ1) is 21.6. The van der Waals surface area contributed by atoms with E-state index in [1.54, 1.807) is 0 Å². The molecule has 1 fully saturated rings. The van der Waals surface area contributed by atoms with Crippen LogP contribution in [0, 0.1) is 12.8 Å². The highest BCUT2D eigenvalue weighted by molar-refractivity contribution is 6.33. The van der Waals surface area contributed by atoms with Crippen LogP contribution in [0.4, 0.5) is 4.79 Å². The fourth-order valence-electron chi connectivity index (χ4n) is 4.45. The fraction of sp³-hybridized carbons (Fsp3) is 0.435. The molecule has 0 saturated carbocycles. The Balaban J connectivity index is 2.12. The second-order valence-electron chi connectivity index (χ2n) is 7.92. The molecule has 1 heterocycles. The highest BCUT2D eigenvalue weighted by atomic mass is 35.5. The van der Waals surface area contributed by atoms with Gasteiger partial charge in [0.1, 0.15) is 0 Å². The molecule has 0 bridgehead atoms. The molecule has 1 aliphatic rings. The Morgan fingerprint density at radius 3 is 2.76 bits per heavy atom. The van der Waals surface area contributed by atoms with Crippen molar-refractivity contribution in [3.05, 3.63) is 58.6 Å². The summed E-state index contributed by atoms with van der Waals surface area (Å²) in [6, 6.07) is 13.6. The lowest BCUT2D eigenvalue weighted by molar-refractivity contribution is -0.0567. The zero-order valence-electron chi connectivity index (χ0n) is 16.8. The minimum atomic E-state index is -1.21. The van der Waals surface area contributed by atoms with Gasteiger partial charge in [-0.1, -0.05) is 53.6 Å². The van der Waals surface area contributed by atoms with Crippen molar-refractivity contribution < 1.29 is 15.0 Å². The predicted molar refractivity (Wildman–Crippen MR) is 116 cm³/mol. The third-order valence-electron chi connectivity index (χ3n) is 5.92. The average Bonchev–Trinajstić information content (AvgIpc) is 2.72. The van der Waals surface area contributed by atoms with Gasteiger partial charge in [-0.3, -0.25) is 0 Å². The van der Waals surface area contributed by atoms with Crippen molar-refractivity contribution in [1.82, 2.24) is 4.90 Å². The molecule has 0 aromatic heterocycles. The van der Waals surface area contributed by atoms with E-state index in [-0.39, 0.29) is 5.92 Å². The first-order valence-electron chi connectivity index (χ1n) is 10.1. The molecule has 2 aromatic rings. The summed E-state index contributed by atoms with van der Waals surface area (Å²) >= 11 is 6.63. The molecule has 1 aliphatic heterocycles. The molecule has 0 radical (unpaired) electrons. The van der Waals surface area contributed by atoms with E-state index < -0.39 is 11.7 Å². The molecule has 2 aromatic carbocycles. The quantitative estimate of drug-likeness (QED) is 0.640. The third-order valence-corrected chi connectivity index (χ3v) is 6.23. The van der Waals surface area contributed by atoms with Crippen molar-refractivity contribution in [3.8, 4) is 11.1 Å². The van der Waals surface area contributed by atoms with Gasteiger partial charge in [0.15, 0.2) is 0 Å². The van der Waals surface area contributed by atoms with Gasteiger partial charge in [-0.2, -0.15) is 0 Å². The van der Waals surface area contributed by atoms with E-state index in [4.69, 9.17) is 17.3 Å². The van der Waals surface area contributed by atoms with Gasteiger partial charge >= 0.3 is 6.09 Å². The molecule has 0 spiro atoms. The van der Waals surface area contributed by atoms with Crippen LogP contribution < -0.4 is 5.73 Å². The maximum absolute atomic E-state index is 12.0. The number of carbonyl (C=O) groups is 1. The number of nitrogens with zero attached hydrogens (tertiary/aromatic N) is 1. The SMILES string of the molecule is Cc1cccc(-c2c(Cl)cccc2[C@](O)(CCCN)C2CCCN(C(=O)O)C2)c1. The van der Waals surface area contributed by atoms with Gasteiger partial charge in [0.25, 0.3) is 0 Å². The molecule has 1 unspecified atom stereocenters. The van der Waals surface area contributed by atoms with E-state index in [2.05, 4.69) is 6.07 Å². The highest BCUT2D eigenvalue weighted by Crippen LogP contribution is 2.45. The van der Waals surface area contributed by atoms with Crippen molar-refractivity contribution in [3.63, 3.8) is 0 Å². The predicted octanol–water partition coefficient (Wildman–Crippen LogP) is 4.63. The molecule has 4 N–H and O–H groups in total. The van der Waals surface area contributed by atoms with E-state index in [0.29, 0.717) is 37.5 Å². The first-order valence-corrected chi connectivity index (χ1v) is 10.5. The molecule has 1 amide bonds. The minimum Gasteiger partial charge on any atom is -0.465 e. The zero-order chi connectivity index (χ0) is 21.0. The number of hydrogen-bond acceptors (Lipinski definition) is 3. The minimum absolute atomic E-state index is 0.221. The maximum Gasteiger partial charge on any atom is 0.407 e. The van der Waals surface area contributed by atoms with Crippen LogP contribution in [0.2, 0.25) is 5.02 Å². The maximum atomic E-state index is 12.0. The van der Waals surface area contributed by atoms with Gasteiger partial charge in [0.05, 0.1) is 5.60 Å². The molecule has 2 atom stereocenters. The number of amides is 1. The lowest BCUT2D eigenvalue weighted by Crippen LogP contribution is -2.48. The lowest BCUT2D eigenvalue weighted by Gasteiger charge is -2.43. The van der Waals surface area contributed by atoms with Crippen LogP contribution in [-0.4, -0.2) is 40.8 Å². The summed E-state index contributed by atoms with van der Waals surface area (Å²) in [7, 11) is 0. The Hall–Kier alpha value is -2.08. The Bertz CT molecular complexity index is 873. The van der Waals surface area contributed by atoms with Gasteiger partial charge in [-0.25, -0.2) is 4.79 Å². The van der Waals surface area contributed by atoms with E-state index >= 15 is 0 Å². The average molecular weight is 417 g/mol. The Morgan fingerprint density at radius 2 is 2.07 bits per heavy atom. The summed E-state index contributed by atoms with van der Waals surface area (Å²) in [6.07, 6.45) is 1.63. The van der Waals surface area contributed by atoms with Gasteiger partial charge in [0, 0.05) is 29.6 Å². The summed E-state index contributed by atoms with van der Waals surface area (Å²) in [4.78, 5) is 13.0. The Kier molecular flexibility index (Phi) is 6.83. The van der Waals surface area contributed by atoms with E-state index in [1.807, 2.05) is 43.3 Å². The Labute approximate surface area is 177 Å². The molecule has 5 nitrogen and oxygen atoms in total. The number of hydrogen-bond donors (Lipinski definition) is 3. The van der Waals surface area contributed by atoms with Crippen LogP contribution in [0.3, 0.4) is 0 Å². The Morgan fingerprint density at radius 1 is 1.31 bits per heavy atom. The first-order chi connectivity index (χ1) is 13.9. The number of rotatable bonds is 6. The molecule has 1 saturated heterocycles. The van der Waals surface area contributed by atoms with Crippen LogP contribution in [0.25, 0.3) is 11.1 Å². The summed E-state index contributed by atoms with van der Waals surface area (Å²) < 4.78 is 0. The van der Waals surface area contributed by atoms with Crippen LogP contribution in [0.1, 0.15) is 36.8 Å². The number of carboxylic acid groups (broad SMARTS) is 1. The van der Waals surface area contributed by atoms with E-state index in [0.717, 1.165) is 35.1 Å². The molecule has 29 heavy (non-hydrogen) atoms. The number of benzene rings is 2. The number of halogens is 1. The van der Waals surface area contributed by atoms with Crippen LogP contribution in [0.5, 0.6) is 0 Å². The van der Waals surface area contributed by atoms with Crippen molar-refractivity contribution in [2.24, 2.45) is 11.7 Å². The van der Waals surface area contributed by atoms with Crippen LogP contribution in [-0.2, 0) is 5.60 Å². The molecule has 3 rings (SSSR count). The molecule has 156 valence electrons. The van der Waals surface area contributed by atoms with Gasteiger partial charge < -0.3 is 20.8 Å². The number of aryl methyl sites for hydroxylation is 1. The number of piperidine rings is 1. The molecule has 6 heteroatoms. The van der Waals surface area contributed by atoms with Crippen molar-refractivity contribution in [2.75, 3.05) is 19.6 Å². The largest absolute Gasteiger partial charge is 0.465 e. The van der Waals surface area contributed by atoms with Crippen LogP contribution >= 0.6 is 11.6 Å². The summed E-state index contributed by atoms with van der Waals surface area (Å²) in [5.74, 6) is -0.221. The molecular weight excluding hydrogens is 388 g/mol. The fourth-order valence-corrected chi connectivity index (χ4v) is 4.73. The molecular formula is C23H29ClN2O3. The second kappa shape index (κ2) is 9.16. The van der Waals surface area contributed by atoms with E-state index in [9.17, 15) is 15.0 Å². The van der Waals surface area contributed by atoms with Gasteiger partial charge in [-0.05, 0) is 56.3 Å². The highest BCUT2D eigenvalue weighted by Gasteiger charge is 2.42. The second-order valence-corrected chi connectivity index (χ2v) is 8.32. The lowest BCUT2D eigenvalue weighted by atomic mass is 9.72. The standard InChI is InChI=1S/C23H29ClN2O3/c1-16-6-2-7-17(14-16)21-19(9-3-10-20(21)24)23(29,11-5-12-25)18-8-4-13-26(15-18)22(27)28/h2-3,6-7,9-10,14,18,29H,4-5,8,11-13,15,25H2,1H3,(H,27,28)/t18?,23-/m0/s1. The van der Waals surface area contributed by atoms with Crippen LogP contribution in [0.15, 0.2) is 42.5 Å².